The van der Waals surface area contributed by atoms with Crippen LogP contribution in [0.1, 0.15) is 29.7 Å². The zero-order valence-electron chi connectivity index (χ0n) is 21.0. The highest BCUT2D eigenvalue weighted by Crippen LogP contribution is 2.35. The Balaban J connectivity index is 1.66. The lowest BCUT2D eigenvalue weighted by atomic mass is 9.93. The highest BCUT2D eigenvalue weighted by atomic mass is 32.1. The Kier molecular flexibility index (Phi) is 6.50. The largest absolute Gasteiger partial charge is 0.463 e. The second kappa shape index (κ2) is 10.3. The van der Waals surface area contributed by atoms with E-state index in [0.717, 1.165) is 21.9 Å². The predicted molar refractivity (Wildman–Crippen MR) is 151 cm³/mol. The van der Waals surface area contributed by atoms with Gasteiger partial charge in [0.2, 0.25) is 0 Å². The molecule has 0 amide bonds. The summed E-state index contributed by atoms with van der Waals surface area (Å²) in [5.41, 5.74) is 2.60. The minimum atomic E-state index is -0.842. The van der Waals surface area contributed by atoms with Gasteiger partial charge in [-0.1, -0.05) is 96.3 Å². The Hall–Kier alpha value is -4.62. The van der Waals surface area contributed by atoms with Crippen molar-refractivity contribution in [1.29, 1.82) is 0 Å². The van der Waals surface area contributed by atoms with Crippen molar-refractivity contribution >= 4 is 39.9 Å². The van der Waals surface area contributed by atoms with Gasteiger partial charge in [-0.15, -0.1) is 0 Å². The summed E-state index contributed by atoms with van der Waals surface area (Å²) in [6.07, 6.45) is 1.87. The van der Waals surface area contributed by atoms with Crippen molar-refractivity contribution in [2.45, 2.75) is 13.0 Å². The lowest BCUT2D eigenvalue weighted by Crippen LogP contribution is -2.40. The third kappa shape index (κ3) is 4.51. The number of ether oxygens (including phenoxy) is 1. The van der Waals surface area contributed by atoms with E-state index in [1.807, 2.05) is 78.9 Å². The second-order valence-electron chi connectivity index (χ2n) is 9.05. The van der Waals surface area contributed by atoms with Crippen molar-refractivity contribution in [3.05, 3.63) is 145 Å². The molecule has 5 nitrogen and oxygen atoms in total. The van der Waals surface area contributed by atoms with Crippen LogP contribution in [0.25, 0.3) is 22.5 Å². The maximum Gasteiger partial charge on any atom is 0.338 e. The Morgan fingerprint density at radius 2 is 1.69 bits per heavy atom. The van der Waals surface area contributed by atoms with Gasteiger partial charge >= 0.3 is 5.97 Å². The standard InChI is InChI=1S/C32H23FN2O3S/c1-2-38-31(37)27-28(21-10-4-3-5-11-21)34-32-35(29(27)22-15-17-24(33)18-16-22)30(36)26(39-32)19-23-13-8-12-20-9-6-7-14-25(20)23/h3-19,29H,2H2,1H3/b26-19-/t29-/m0/s1. The molecule has 0 saturated heterocycles. The fourth-order valence-corrected chi connectivity index (χ4v) is 5.91. The molecule has 192 valence electrons. The van der Waals surface area contributed by atoms with E-state index in [1.54, 1.807) is 19.1 Å². The van der Waals surface area contributed by atoms with E-state index < -0.39 is 17.8 Å². The van der Waals surface area contributed by atoms with Crippen molar-refractivity contribution in [1.82, 2.24) is 4.57 Å². The summed E-state index contributed by atoms with van der Waals surface area (Å²) < 4.78 is 21.4. The first-order valence-electron chi connectivity index (χ1n) is 12.6. The van der Waals surface area contributed by atoms with Crippen LogP contribution in [0.4, 0.5) is 4.39 Å². The molecule has 0 spiro atoms. The van der Waals surface area contributed by atoms with E-state index in [1.165, 1.54) is 28.0 Å². The first kappa shape index (κ1) is 24.7. The fraction of sp³-hybridized carbons (Fsp3) is 0.0938. The molecule has 39 heavy (non-hydrogen) atoms. The molecule has 7 heteroatoms. The normalized spacial score (nSPS) is 15.2. The topological polar surface area (TPSA) is 60.7 Å². The van der Waals surface area contributed by atoms with Gasteiger partial charge in [0, 0.05) is 5.56 Å². The van der Waals surface area contributed by atoms with Gasteiger partial charge in [0.15, 0.2) is 4.80 Å². The summed E-state index contributed by atoms with van der Waals surface area (Å²) in [6, 6.07) is 28.3. The molecular formula is C32H23FN2O3S. The minimum Gasteiger partial charge on any atom is -0.463 e. The molecule has 5 aromatic rings. The smallest absolute Gasteiger partial charge is 0.338 e. The molecule has 1 aromatic heterocycles. The van der Waals surface area contributed by atoms with Gasteiger partial charge in [-0.05, 0) is 47.0 Å². The summed E-state index contributed by atoms with van der Waals surface area (Å²) in [5, 5.41) is 2.09. The highest BCUT2D eigenvalue weighted by Gasteiger charge is 2.35. The number of halogens is 1. The van der Waals surface area contributed by atoms with Crippen molar-refractivity contribution in [3.63, 3.8) is 0 Å². The number of benzene rings is 4. The van der Waals surface area contributed by atoms with E-state index in [-0.39, 0.29) is 17.7 Å². The van der Waals surface area contributed by atoms with Crippen LogP contribution in [0.15, 0.2) is 112 Å². The Morgan fingerprint density at radius 3 is 2.46 bits per heavy atom. The van der Waals surface area contributed by atoms with E-state index in [4.69, 9.17) is 9.73 Å². The summed E-state index contributed by atoms with van der Waals surface area (Å²) in [6.45, 7) is 1.89. The number of thiazole rings is 1. The van der Waals surface area contributed by atoms with Crippen LogP contribution in [0, 0.1) is 5.82 Å². The third-order valence-electron chi connectivity index (χ3n) is 6.67. The van der Waals surface area contributed by atoms with Gasteiger partial charge in [0.25, 0.3) is 5.56 Å². The van der Waals surface area contributed by atoms with Crippen LogP contribution in [0.2, 0.25) is 0 Å². The van der Waals surface area contributed by atoms with Crippen LogP contribution < -0.4 is 14.9 Å². The SMILES string of the molecule is CCOC(=O)C1=C(c2ccccc2)N=c2s/c(=C\c3cccc4ccccc34)c(=O)n2[C@H]1c1ccc(F)cc1. The summed E-state index contributed by atoms with van der Waals surface area (Å²) in [7, 11) is 0. The van der Waals surface area contributed by atoms with E-state index in [9.17, 15) is 14.0 Å². The van der Waals surface area contributed by atoms with Gasteiger partial charge < -0.3 is 4.74 Å². The van der Waals surface area contributed by atoms with Crippen LogP contribution in [-0.2, 0) is 9.53 Å². The number of hydrogen-bond acceptors (Lipinski definition) is 5. The third-order valence-corrected chi connectivity index (χ3v) is 7.65. The average molecular weight is 535 g/mol. The van der Waals surface area contributed by atoms with Gasteiger partial charge in [-0.2, -0.15) is 0 Å². The molecule has 2 heterocycles. The van der Waals surface area contributed by atoms with E-state index >= 15 is 0 Å². The highest BCUT2D eigenvalue weighted by molar-refractivity contribution is 7.07. The molecule has 1 atom stereocenters. The summed E-state index contributed by atoms with van der Waals surface area (Å²) in [5.74, 6) is -0.982. The van der Waals surface area contributed by atoms with Crippen molar-refractivity contribution in [3.8, 4) is 0 Å². The Morgan fingerprint density at radius 1 is 0.974 bits per heavy atom. The number of carbonyl (C=O) groups is 1. The van der Waals surface area contributed by atoms with Gasteiger partial charge in [0.05, 0.1) is 28.5 Å². The lowest BCUT2D eigenvalue weighted by molar-refractivity contribution is -0.138. The Labute approximate surface area is 227 Å². The number of rotatable bonds is 5. The van der Waals surface area contributed by atoms with Crippen LogP contribution in [0.5, 0.6) is 0 Å². The van der Waals surface area contributed by atoms with E-state index in [0.29, 0.717) is 20.6 Å². The first-order chi connectivity index (χ1) is 19.0. The monoisotopic (exact) mass is 534 g/mol. The molecule has 0 N–H and O–H groups in total. The molecule has 6 rings (SSSR count). The molecule has 0 unspecified atom stereocenters. The first-order valence-corrected chi connectivity index (χ1v) is 13.4. The summed E-state index contributed by atoms with van der Waals surface area (Å²) >= 11 is 1.26. The van der Waals surface area contributed by atoms with Gasteiger partial charge in [-0.25, -0.2) is 14.2 Å². The van der Waals surface area contributed by atoms with Crippen molar-refractivity contribution < 1.29 is 13.9 Å². The van der Waals surface area contributed by atoms with Crippen LogP contribution in [0.3, 0.4) is 0 Å². The van der Waals surface area contributed by atoms with Gasteiger partial charge in [0.1, 0.15) is 5.82 Å². The van der Waals surface area contributed by atoms with Crippen molar-refractivity contribution in [2.75, 3.05) is 6.61 Å². The summed E-state index contributed by atoms with van der Waals surface area (Å²) in [4.78, 5) is 32.8. The predicted octanol–water partition coefficient (Wildman–Crippen LogP) is 5.23. The zero-order chi connectivity index (χ0) is 26.9. The molecule has 0 aliphatic carbocycles. The molecule has 0 saturated carbocycles. The molecule has 1 aliphatic heterocycles. The Bertz CT molecular complexity index is 1920. The lowest BCUT2D eigenvalue weighted by Gasteiger charge is -2.25. The number of esters is 1. The maximum absolute atomic E-state index is 14.0. The van der Waals surface area contributed by atoms with Gasteiger partial charge in [-0.3, -0.25) is 9.36 Å². The second-order valence-corrected chi connectivity index (χ2v) is 10.1. The molecule has 1 aliphatic rings. The molecule has 4 aromatic carbocycles. The van der Waals surface area contributed by atoms with E-state index in [2.05, 4.69) is 0 Å². The van der Waals surface area contributed by atoms with Crippen molar-refractivity contribution in [2.24, 2.45) is 4.99 Å². The quantitative estimate of drug-likeness (QED) is 0.290. The number of nitrogens with zero attached hydrogens (tertiary/aromatic N) is 2. The van der Waals surface area contributed by atoms with Crippen LogP contribution >= 0.6 is 11.3 Å². The molecule has 0 bridgehead atoms. The number of carbonyl (C=O) groups excluding carboxylic acids is 1. The zero-order valence-corrected chi connectivity index (χ0v) is 21.8. The number of hydrogen-bond donors (Lipinski definition) is 0. The fourth-order valence-electron chi connectivity index (χ4n) is 4.92. The minimum absolute atomic E-state index is 0.159. The van der Waals surface area contributed by atoms with Crippen LogP contribution in [-0.4, -0.2) is 17.1 Å². The average Bonchev–Trinajstić information content (AvgIpc) is 3.27. The maximum atomic E-state index is 14.0. The molecule has 0 fully saturated rings. The number of fused-ring (bicyclic) bond motifs is 2. The molecule has 0 radical (unpaired) electrons. The number of aromatic nitrogens is 1. The molecular weight excluding hydrogens is 511 g/mol.